The zero-order chi connectivity index (χ0) is 19.8. The maximum absolute atomic E-state index is 12.7. The van der Waals surface area contributed by atoms with Gasteiger partial charge in [-0.15, -0.1) is 0 Å². The van der Waals surface area contributed by atoms with E-state index >= 15 is 0 Å². The highest BCUT2D eigenvalue weighted by Crippen LogP contribution is 2.31. The van der Waals surface area contributed by atoms with Crippen LogP contribution in [0.15, 0.2) is 24.3 Å². The van der Waals surface area contributed by atoms with Crippen LogP contribution in [0.25, 0.3) is 0 Å². The van der Waals surface area contributed by atoms with Gasteiger partial charge in [-0.05, 0) is 69.7 Å². The lowest BCUT2D eigenvalue weighted by molar-refractivity contribution is -0.138. The molecule has 0 atom stereocenters. The van der Waals surface area contributed by atoms with Gasteiger partial charge < -0.3 is 10.2 Å². The van der Waals surface area contributed by atoms with Crippen LogP contribution in [-0.4, -0.2) is 35.6 Å². The summed E-state index contributed by atoms with van der Waals surface area (Å²) >= 11 is 0. The van der Waals surface area contributed by atoms with Crippen LogP contribution in [-0.2, 0) is 9.59 Å². The Labute approximate surface area is 162 Å². The second-order valence-corrected chi connectivity index (χ2v) is 7.50. The van der Waals surface area contributed by atoms with Crippen molar-refractivity contribution in [1.29, 1.82) is 0 Å². The third kappa shape index (κ3) is 5.91. The fraction of sp³-hybridized carbons (Fsp3) is 0.591. The van der Waals surface area contributed by atoms with Crippen molar-refractivity contribution in [3.63, 3.8) is 0 Å². The minimum absolute atomic E-state index is 0.00967. The molecule has 0 bridgehead atoms. The Hall–Kier alpha value is -2.17. The third-order valence-corrected chi connectivity index (χ3v) is 5.30. The summed E-state index contributed by atoms with van der Waals surface area (Å²) < 4.78 is 0. The van der Waals surface area contributed by atoms with Crippen molar-refractivity contribution in [2.75, 3.05) is 18.4 Å². The van der Waals surface area contributed by atoms with Gasteiger partial charge in [-0.2, -0.15) is 0 Å². The number of rotatable bonds is 8. The lowest BCUT2D eigenvalue weighted by Crippen LogP contribution is -2.39. The van der Waals surface area contributed by atoms with E-state index in [0.717, 1.165) is 51.6 Å². The smallest absolute Gasteiger partial charge is 0.227 e. The highest BCUT2D eigenvalue weighted by Gasteiger charge is 2.31. The Morgan fingerprint density at radius 3 is 1.93 bits per heavy atom. The van der Waals surface area contributed by atoms with Gasteiger partial charge in [-0.3, -0.25) is 14.4 Å². The fourth-order valence-electron chi connectivity index (χ4n) is 3.77. The normalized spacial score (nSPS) is 19.4. The van der Waals surface area contributed by atoms with Crippen molar-refractivity contribution in [3.8, 4) is 0 Å². The van der Waals surface area contributed by atoms with Gasteiger partial charge in [0.15, 0.2) is 5.78 Å². The molecule has 1 saturated carbocycles. The lowest BCUT2D eigenvalue weighted by Gasteiger charge is -2.31. The van der Waals surface area contributed by atoms with Crippen LogP contribution in [0, 0.1) is 11.8 Å². The summed E-state index contributed by atoms with van der Waals surface area (Å²) in [4.78, 5) is 38.6. The number of carbonyl (C=O) groups is 3. The molecule has 148 valence electrons. The summed E-state index contributed by atoms with van der Waals surface area (Å²) in [5, 5.41) is 2.94. The van der Waals surface area contributed by atoms with Crippen molar-refractivity contribution in [3.05, 3.63) is 29.8 Å². The summed E-state index contributed by atoms with van der Waals surface area (Å²) in [6, 6.07) is 6.97. The zero-order valence-electron chi connectivity index (χ0n) is 16.8. The monoisotopic (exact) mass is 372 g/mol. The molecule has 0 unspecified atom stereocenters. The number of hydrogen-bond acceptors (Lipinski definition) is 3. The SMILES string of the molecule is CCCN(CCC)C(=O)C1CCC(C(=O)Nc2ccc(C(C)=O)cc2)CC1. The number of Topliss-reactive ketones (excluding diaryl/α,β-unsaturated/α-hetero) is 1. The summed E-state index contributed by atoms with van der Waals surface area (Å²) in [7, 11) is 0. The maximum Gasteiger partial charge on any atom is 0.227 e. The molecular formula is C22H32N2O3. The average molecular weight is 373 g/mol. The molecule has 5 nitrogen and oxygen atoms in total. The highest BCUT2D eigenvalue weighted by atomic mass is 16.2. The zero-order valence-corrected chi connectivity index (χ0v) is 16.8. The van der Waals surface area contributed by atoms with Crippen molar-refractivity contribution >= 4 is 23.3 Å². The first-order chi connectivity index (χ1) is 13.0. The minimum Gasteiger partial charge on any atom is -0.342 e. The van der Waals surface area contributed by atoms with E-state index in [9.17, 15) is 14.4 Å². The molecule has 0 spiro atoms. The number of benzene rings is 1. The van der Waals surface area contributed by atoms with Gasteiger partial charge >= 0.3 is 0 Å². The minimum atomic E-state index is -0.0488. The number of amides is 2. The standard InChI is InChI=1S/C22H32N2O3/c1-4-14-24(15-5-2)22(27)19-8-6-18(7-9-19)21(26)23-20-12-10-17(11-13-20)16(3)25/h10-13,18-19H,4-9,14-15H2,1-3H3,(H,23,26). The first-order valence-electron chi connectivity index (χ1n) is 10.2. The molecule has 2 amide bonds. The molecule has 0 aliphatic heterocycles. The quantitative estimate of drug-likeness (QED) is 0.693. The van der Waals surface area contributed by atoms with Crippen LogP contribution in [0.2, 0.25) is 0 Å². The van der Waals surface area contributed by atoms with Gasteiger partial charge in [0, 0.05) is 36.2 Å². The Bertz CT molecular complexity index is 640. The summed E-state index contributed by atoms with van der Waals surface area (Å²) in [6.07, 6.45) is 5.02. The van der Waals surface area contributed by atoms with Crippen LogP contribution < -0.4 is 5.32 Å². The molecule has 0 heterocycles. The van der Waals surface area contributed by atoms with Gasteiger partial charge in [-0.1, -0.05) is 13.8 Å². The van der Waals surface area contributed by atoms with Gasteiger partial charge in [0.25, 0.3) is 0 Å². The molecule has 5 heteroatoms. The van der Waals surface area contributed by atoms with Crippen LogP contribution in [0.4, 0.5) is 5.69 Å². The highest BCUT2D eigenvalue weighted by molar-refractivity contribution is 5.96. The van der Waals surface area contributed by atoms with Gasteiger partial charge in [0.05, 0.1) is 0 Å². The Morgan fingerprint density at radius 1 is 0.926 bits per heavy atom. The second kappa shape index (κ2) is 10.2. The molecule has 1 aliphatic carbocycles. The predicted octanol–water partition coefficient (Wildman–Crippen LogP) is 4.28. The van der Waals surface area contributed by atoms with E-state index in [1.807, 2.05) is 4.90 Å². The molecule has 1 aliphatic rings. The lowest BCUT2D eigenvalue weighted by atomic mass is 9.80. The molecule has 1 fully saturated rings. The molecule has 1 N–H and O–H groups in total. The number of ketones is 1. The van der Waals surface area contributed by atoms with Crippen LogP contribution in [0.1, 0.15) is 69.7 Å². The summed E-state index contributed by atoms with van der Waals surface area (Å²) in [6.45, 7) is 7.36. The van der Waals surface area contributed by atoms with Gasteiger partial charge in [0.2, 0.25) is 11.8 Å². The molecule has 1 aromatic carbocycles. The van der Waals surface area contributed by atoms with Crippen molar-refractivity contribution in [2.45, 2.75) is 59.3 Å². The van der Waals surface area contributed by atoms with Crippen molar-refractivity contribution in [2.24, 2.45) is 11.8 Å². The van der Waals surface area contributed by atoms with Crippen LogP contribution in [0.3, 0.4) is 0 Å². The number of carbonyl (C=O) groups excluding carboxylic acids is 3. The molecule has 0 saturated heterocycles. The van der Waals surface area contributed by atoms with Crippen molar-refractivity contribution in [1.82, 2.24) is 4.90 Å². The number of anilines is 1. The third-order valence-electron chi connectivity index (χ3n) is 5.30. The molecule has 27 heavy (non-hydrogen) atoms. The molecule has 1 aromatic rings. The largest absolute Gasteiger partial charge is 0.342 e. The van der Waals surface area contributed by atoms with E-state index in [-0.39, 0.29) is 29.4 Å². The molecule has 0 radical (unpaired) electrons. The summed E-state index contributed by atoms with van der Waals surface area (Å²) in [5.74, 6) is 0.290. The number of hydrogen-bond donors (Lipinski definition) is 1. The van der Waals surface area contributed by atoms with E-state index in [1.165, 1.54) is 6.92 Å². The first-order valence-corrected chi connectivity index (χ1v) is 10.2. The van der Waals surface area contributed by atoms with E-state index in [4.69, 9.17) is 0 Å². The Balaban J connectivity index is 1.86. The Kier molecular flexibility index (Phi) is 8.01. The summed E-state index contributed by atoms with van der Waals surface area (Å²) in [5.41, 5.74) is 1.34. The molecular weight excluding hydrogens is 340 g/mol. The van der Waals surface area contributed by atoms with Crippen LogP contribution in [0.5, 0.6) is 0 Å². The first kappa shape index (κ1) is 21.1. The average Bonchev–Trinajstić information content (AvgIpc) is 2.67. The van der Waals surface area contributed by atoms with E-state index in [2.05, 4.69) is 19.2 Å². The topological polar surface area (TPSA) is 66.5 Å². The second-order valence-electron chi connectivity index (χ2n) is 7.50. The number of nitrogens with zero attached hydrogens (tertiary/aromatic N) is 1. The van der Waals surface area contributed by atoms with Crippen LogP contribution >= 0.6 is 0 Å². The molecule has 2 rings (SSSR count). The van der Waals surface area contributed by atoms with Crippen molar-refractivity contribution < 1.29 is 14.4 Å². The number of nitrogens with one attached hydrogen (secondary N) is 1. The fourth-order valence-corrected chi connectivity index (χ4v) is 3.77. The predicted molar refractivity (Wildman–Crippen MR) is 108 cm³/mol. The van der Waals surface area contributed by atoms with E-state index in [0.29, 0.717) is 11.3 Å². The van der Waals surface area contributed by atoms with Gasteiger partial charge in [-0.25, -0.2) is 0 Å². The Morgan fingerprint density at radius 2 is 1.44 bits per heavy atom. The molecule has 0 aromatic heterocycles. The van der Waals surface area contributed by atoms with Gasteiger partial charge in [0.1, 0.15) is 0 Å². The maximum atomic E-state index is 12.7. The van der Waals surface area contributed by atoms with E-state index < -0.39 is 0 Å². The van der Waals surface area contributed by atoms with E-state index in [1.54, 1.807) is 24.3 Å².